The Bertz CT molecular complexity index is 622. The van der Waals surface area contributed by atoms with E-state index in [1.165, 1.54) is 0 Å². The third-order valence-corrected chi connectivity index (χ3v) is 3.75. The van der Waals surface area contributed by atoms with E-state index in [2.05, 4.69) is 71.9 Å². The van der Waals surface area contributed by atoms with E-state index in [0.29, 0.717) is 11.9 Å². The summed E-state index contributed by atoms with van der Waals surface area (Å²) < 4.78 is 0. The molecule has 0 spiro atoms. The standard InChI is InChI=1S/C17H24ClN5/c1-11(2)23(12(3)4)17-21-15(18)20-16(22-17)19-13(5)14-9-7-6-8-10-14/h6-13H,1-5H3,(H,19,20,21,22)/t13-/m1/s1. The molecule has 2 rings (SSSR count). The highest BCUT2D eigenvalue weighted by molar-refractivity contribution is 6.28. The summed E-state index contributed by atoms with van der Waals surface area (Å²) in [6.45, 7) is 10.5. The van der Waals surface area contributed by atoms with E-state index in [-0.39, 0.29) is 23.4 Å². The molecule has 0 amide bonds. The maximum absolute atomic E-state index is 6.10. The number of aromatic nitrogens is 3. The second-order valence-electron chi connectivity index (χ2n) is 6.10. The summed E-state index contributed by atoms with van der Waals surface area (Å²) in [4.78, 5) is 15.2. The predicted octanol–water partition coefficient (Wildman–Crippen LogP) is 4.32. The first kappa shape index (κ1) is 17.5. The van der Waals surface area contributed by atoms with Crippen molar-refractivity contribution in [2.24, 2.45) is 0 Å². The normalized spacial score (nSPS) is 12.5. The lowest BCUT2D eigenvalue weighted by molar-refractivity contribution is 0.589. The highest BCUT2D eigenvalue weighted by Crippen LogP contribution is 2.21. The summed E-state index contributed by atoms with van der Waals surface area (Å²) >= 11 is 6.10. The van der Waals surface area contributed by atoms with Gasteiger partial charge < -0.3 is 10.2 Å². The Kier molecular flexibility index (Phi) is 5.77. The summed E-state index contributed by atoms with van der Waals surface area (Å²) in [5.41, 5.74) is 1.16. The van der Waals surface area contributed by atoms with Crippen molar-refractivity contribution < 1.29 is 0 Å². The van der Waals surface area contributed by atoms with Crippen LogP contribution in [0.15, 0.2) is 30.3 Å². The van der Waals surface area contributed by atoms with Crippen molar-refractivity contribution in [3.63, 3.8) is 0 Å². The smallest absolute Gasteiger partial charge is 0.231 e. The molecule has 0 unspecified atom stereocenters. The van der Waals surface area contributed by atoms with Gasteiger partial charge in [-0.25, -0.2) is 0 Å². The van der Waals surface area contributed by atoms with Crippen LogP contribution in [0.1, 0.15) is 46.2 Å². The van der Waals surface area contributed by atoms with Gasteiger partial charge in [-0.2, -0.15) is 15.0 Å². The van der Waals surface area contributed by atoms with Gasteiger partial charge in [0.25, 0.3) is 0 Å². The maximum atomic E-state index is 6.10. The van der Waals surface area contributed by atoms with E-state index in [9.17, 15) is 0 Å². The minimum absolute atomic E-state index is 0.0778. The molecular formula is C17H24ClN5. The van der Waals surface area contributed by atoms with Crippen LogP contribution in [0.2, 0.25) is 5.28 Å². The van der Waals surface area contributed by atoms with Crippen molar-refractivity contribution in [2.75, 3.05) is 10.2 Å². The Hall–Kier alpha value is -1.88. The van der Waals surface area contributed by atoms with Crippen LogP contribution in [0.25, 0.3) is 0 Å². The quantitative estimate of drug-likeness (QED) is 0.853. The fourth-order valence-corrected chi connectivity index (χ4v) is 2.75. The molecule has 1 atom stereocenters. The molecule has 0 aliphatic carbocycles. The number of rotatable bonds is 6. The van der Waals surface area contributed by atoms with Crippen LogP contribution in [-0.2, 0) is 0 Å². The summed E-state index contributed by atoms with van der Waals surface area (Å²) in [6, 6.07) is 10.8. The number of hydrogen-bond acceptors (Lipinski definition) is 5. The Labute approximate surface area is 143 Å². The highest BCUT2D eigenvalue weighted by Gasteiger charge is 2.19. The average Bonchev–Trinajstić information content (AvgIpc) is 2.46. The van der Waals surface area contributed by atoms with E-state index in [1.807, 2.05) is 18.2 Å². The largest absolute Gasteiger partial charge is 0.348 e. The van der Waals surface area contributed by atoms with Crippen LogP contribution >= 0.6 is 11.6 Å². The summed E-state index contributed by atoms with van der Waals surface area (Å²) in [7, 11) is 0. The zero-order valence-corrected chi connectivity index (χ0v) is 15.0. The van der Waals surface area contributed by atoms with Crippen LogP contribution in [0, 0.1) is 0 Å². The molecule has 0 aliphatic rings. The molecule has 0 saturated heterocycles. The van der Waals surface area contributed by atoms with Gasteiger partial charge in [0.05, 0.1) is 6.04 Å². The first-order valence-electron chi connectivity index (χ1n) is 7.90. The van der Waals surface area contributed by atoms with Gasteiger partial charge >= 0.3 is 0 Å². The lowest BCUT2D eigenvalue weighted by Gasteiger charge is -2.30. The zero-order valence-electron chi connectivity index (χ0n) is 14.3. The molecule has 0 saturated carbocycles. The van der Waals surface area contributed by atoms with Crippen molar-refractivity contribution in [3.8, 4) is 0 Å². The summed E-state index contributed by atoms with van der Waals surface area (Å²) in [6.07, 6.45) is 0. The van der Waals surface area contributed by atoms with Crippen LogP contribution in [0.5, 0.6) is 0 Å². The molecule has 0 bridgehead atoms. The number of hydrogen-bond donors (Lipinski definition) is 1. The molecule has 124 valence electrons. The van der Waals surface area contributed by atoms with Crippen molar-refractivity contribution in [1.82, 2.24) is 15.0 Å². The minimum atomic E-state index is 0.0778. The third kappa shape index (κ3) is 4.55. The molecule has 1 aromatic heterocycles. The Morgan fingerprint density at radius 2 is 1.52 bits per heavy atom. The molecular weight excluding hydrogens is 310 g/mol. The van der Waals surface area contributed by atoms with Crippen molar-refractivity contribution in [2.45, 2.75) is 52.7 Å². The lowest BCUT2D eigenvalue weighted by Crippen LogP contribution is -2.38. The van der Waals surface area contributed by atoms with Crippen LogP contribution in [-0.4, -0.2) is 27.0 Å². The molecule has 6 heteroatoms. The summed E-state index contributed by atoms with van der Waals surface area (Å²) in [5.74, 6) is 1.08. The molecule has 1 heterocycles. The topological polar surface area (TPSA) is 53.9 Å². The first-order chi connectivity index (χ1) is 10.9. The van der Waals surface area contributed by atoms with Gasteiger partial charge in [-0.15, -0.1) is 0 Å². The van der Waals surface area contributed by atoms with Gasteiger partial charge in [-0.05, 0) is 51.8 Å². The van der Waals surface area contributed by atoms with Gasteiger partial charge in [-0.1, -0.05) is 30.3 Å². The molecule has 0 aliphatic heterocycles. The first-order valence-corrected chi connectivity index (χ1v) is 8.27. The number of benzene rings is 1. The molecule has 2 aromatic rings. The highest BCUT2D eigenvalue weighted by atomic mass is 35.5. The third-order valence-electron chi connectivity index (χ3n) is 3.59. The van der Waals surface area contributed by atoms with Crippen molar-refractivity contribution >= 4 is 23.5 Å². The van der Waals surface area contributed by atoms with E-state index >= 15 is 0 Å². The minimum Gasteiger partial charge on any atom is -0.348 e. The van der Waals surface area contributed by atoms with E-state index in [1.54, 1.807) is 0 Å². The molecule has 0 radical (unpaired) electrons. The van der Waals surface area contributed by atoms with Gasteiger partial charge in [0.1, 0.15) is 0 Å². The summed E-state index contributed by atoms with van der Waals surface area (Å²) in [5, 5.41) is 3.50. The van der Waals surface area contributed by atoms with Crippen LogP contribution in [0.4, 0.5) is 11.9 Å². The molecule has 5 nitrogen and oxygen atoms in total. The molecule has 1 aromatic carbocycles. The van der Waals surface area contributed by atoms with E-state index < -0.39 is 0 Å². The van der Waals surface area contributed by atoms with E-state index in [0.717, 1.165) is 5.56 Å². The van der Waals surface area contributed by atoms with Gasteiger partial charge in [0.2, 0.25) is 17.2 Å². The predicted molar refractivity (Wildman–Crippen MR) is 96.1 cm³/mol. The van der Waals surface area contributed by atoms with Gasteiger partial charge in [0.15, 0.2) is 0 Å². The maximum Gasteiger partial charge on any atom is 0.231 e. The van der Waals surface area contributed by atoms with Gasteiger partial charge in [0, 0.05) is 12.1 Å². The van der Waals surface area contributed by atoms with Crippen LogP contribution < -0.4 is 10.2 Å². The number of anilines is 2. The number of halogens is 1. The second-order valence-corrected chi connectivity index (χ2v) is 6.44. The molecule has 0 fully saturated rings. The zero-order chi connectivity index (χ0) is 17.0. The lowest BCUT2D eigenvalue weighted by atomic mass is 10.1. The Morgan fingerprint density at radius 1 is 0.913 bits per heavy atom. The fraction of sp³-hybridized carbons (Fsp3) is 0.471. The SMILES string of the molecule is CC(C)N(c1nc(Cl)nc(N[C@H](C)c2ccccc2)n1)C(C)C. The molecule has 23 heavy (non-hydrogen) atoms. The van der Waals surface area contributed by atoms with E-state index in [4.69, 9.17) is 11.6 Å². The van der Waals surface area contributed by atoms with Crippen molar-refractivity contribution in [3.05, 3.63) is 41.2 Å². The van der Waals surface area contributed by atoms with Crippen molar-refractivity contribution in [1.29, 1.82) is 0 Å². The number of nitrogens with zero attached hydrogens (tertiary/aromatic N) is 4. The van der Waals surface area contributed by atoms with Gasteiger partial charge in [-0.3, -0.25) is 0 Å². The monoisotopic (exact) mass is 333 g/mol. The number of nitrogens with one attached hydrogen (secondary N) is 1. The Morgan fingerprint density at radius 3 is 2.09 bits per heavy atom. The fourth-order valence-electron chi connectivity index (χ4n) is 2.60. The molecule has 1 N–H and O–H groups in total. The second kappa shape index (κ2) is 7.59. The van der Waals surface area contributed by atoms with Crippen LogP contribution in [0.3, 0.4) is 0 Å². The average molecular weight is 334 g/mol. The Balaban J connectivity index is 2.27.